The summed E-state index contributed by atoms with van der Waals surface area (Å²) in [6, 6.07) is 13.8. The summed E-state index contributed by atoms with van der Waals surface area (Å²) in [5, 5.41) is 3.75. The molecule has 0 fully saturated rings. The van der Waals surface area contributed by atoms with Gasteiger partial charge in [-0.25, -0.2) is 9.98 Å². The number of anilines is 1. The summed E-state index contributed by atoms with van der Waals surface area (Å²) in [7, 11) is 2.14. The fourth-order valence-electron chi connectivity index (χ4n) is 5.22. The number of rotatable bonds is 12. The van der Waals surface area contributed by atoms with Crippen LogP contribution in [0.4, 0.5) is 5.69 Å². The predicted molar refractivity (Wildman–Crippen MR) is 182 cm³/mol. The molecule has 1 N–H and O–H groups in total. The summed E-state index contributed by atoms with van der Waals surface area (Å²) in [6.45, 7) is 17.3. The normalized spacial score (nSPS) is 17.7. The van der Waals surface area contributed by atoms with Crippen LogP contribution in [0.1, 0.15) is 56.2 Å². The zero-order chi connectivity index (χ0) is 30.9. The molecule has 2 aromatic carbocycles. The Morgan fingerprint density at radius 3 is 2.60 bits per heavy atom. The summed E-state index contributed by atoms with van der Waals surface area (Å²) in [5.41, 5.74) is 4.87. The van der Waals surface area contributed by atoms with Crippen LogP contribution in [0.2, 0.25) is 5.02 Å². The third-order valence-electron chi connectivity index (χ3n) is 7.43. The molecular weight excluding hydrogens is 556 g/mol. The molecule has 0 saturated heterocycles. The van der Waals surface area contributed by atoms with Crippen LogP contribution in [0.5, 0.6) is 0 Å². The van der Waals surface area contributed by atoms with Crippen molar-refractivity contribution in [3.05, 3.63) is 107 Å². The van der Waals surface area contributed by atoms with Gasteiger partial charge in [0.2, 0.25) is 0 Å². The molecule has 0 bridgehead atoms. The van der Waals surface area contributed by atoms with Crippen molar-refractivity contribution in [3.8, 4) is 0 Å². The second-order valence-corrected chi connectivity index (χ2v) is 11.0. The van der Waals surface area contributed by atoms with E-state index in [1.807, 2.05) is 68.6 Å². The van der Waals surface area contributed by atoms with Gasteiger partial charge in [-0.05, 0) is 63.7 Å². The predicted octanol–water partition coefficient (Wildman–Crippen LogP) is 7.35. The Morgan fingerprint density at radius 1 is 1.23 bits per heavy atom. The van der Waals surface area contributed by atoms with Crippen LogP contribution in [0.25, 0.3) is 5.57 Å². The maximum absolute atomic E-state index is 13.7. The van der Waals surface area contributed by atoms with Crippen molar-refractivity contribution < 1.29 is 4.79 Å². The highest BCUT2D eigenvalue weighted by atomic mass is 35.5. The lowest BCUT2D eigenvalue weighted by Crippen LogP contribution is -2.41. The molecule has 1 atom stereocenters. The molecule has 1 amide bonds. The van der Waals surface area contributed by atoms with Crippen molar-refractivity contribution in [1.29, 1.82) is 0 Å². The number of carbonyl (C=O) groups is 1. The lowest BCUT2D eigenvalue weighted by atomic mass is 9.95. The number of benzene rings is 2. The largest absolute Gasteiger partial charge is 0.341 e. The molecule has 224 valence electrons. The first-order valence-corrected chi connectivity index (χ1v) is 15.2. The van der Waals surface area contributed by atoms with Gasteiger partial charge in [0.1, 0.15) is 11.7 Å². The van der Waals surface area contributed by atoms with E-state index in [9.17, 15) is 4.79 Å². The molecule has 0 spiro atoms. The molecule has 7 nitrogen and oxygen atoms in total. The Morgan fingerprint density at radius 2 is 2.00 bits per heavy atom. The van der Waals surface area contributed by atoms with Gasteiger partial charge in [0, 0.05) is 71.2 Å². The quantitative estimate of drug-likeness (QED) is 0.260. The highest BCUT2D eigenvalue weighted by Gasteiger charge is 2.31. The minimum absolute atomic E-state index is 0.171. The number of halogens is 1. The zero-order valence-electron chi connectivity index (χ0n) is 25.6. The van der Waals surface area contributed by atoms with Gasteiger partial charge in [-0.1, -0.05) is 61.5 Å². The lowest BCUT2D eigenvalue weighted by Gasteiger charge is -2.30. The SMILES string of the molecule is C=CC(CN(C)CCC)c1ccc(NC(=C)/N=C2\C(=C/C)C=C(c3ccc(C4=NCCC=N4)cc3Cl)C(=O)N2CC)cc1. The van der Waals surface area contributed by atoms with Crippen LogP contribution in [-0.2, 0) is 4.79 Å². The first-order valence-electron chi connectivity index (χ1n) is 14.8. The molecular formula is C35H41ClN6O. The fourth-order valence-corrected chi connectivity index (χ4v) is 5.50. The zero-order valence-corrected chi connectivity index (χ0v) is 26.4. The van der Waals surface area contributed by atoms with Crippen molar-refractivity contribution in [2.24, 2.45) is 15.0 Å². The lowest BCUT2D eigenvalue weighted by molar-refractivity contribution is -0.121. The number of aliphatic imine (C=N–C) groups is 3. The monoisotopic (exact) mass is 596 g/mol. The van der Waals surface area contributed by atoms with E-state index in [2.05, 4.69) is 59.5 Å². The minimum atomic E-state index is -0.171. The van der Waals surface area contributed by atoms with E-state index in [1.54, 1.807) is 4.90 Å². The van der Waals surface area contributed by atoms with E-state index < -0.39 is 0 Å². The second kappa shape index (κ2) is 14.9. The molecule has 1 unspecified atom stereocenters. The number of allylic oxidation sites excluding steroid dienone is 1. The van der Waals surface area contributed by atoms with Gasteiger partial charge in [0.15, 0.2) is 5.84 Å². The average Bonchev–Trinajstić information content (AvgIpc) is 3.01. The van der Waals surface area contributed by atoms with Gasteiger partial charge in [0.05, 0.1) is 0 Å². The molecule has 2 aliphatic heterocycles. The number of nitrogens with one attached hydrogen (secondary N) is 1. The first-order chi connectivity index (χ1) is 20.8. The molecule has 0 aliphatic carbocycles. The number of likely N-dealkylation sites (N-methyl/N-ethyl adjacent to an activating group) is 2. The number of hydrogen-bond donors (Lipinski definition) is 1. The summed E-state index contributed by atoms with van der Waals surface area (Å²) in [4.78, 5) is 31.3. The van der Waals surface area contributed by atoms with Crippen molar-refractivity contribution in [2.75, 3.05) is 38.5 Å². The Kier molecular flexibility index (Phi) is 11.0. The van der Waals surface area contributed by atoms with Crippen molar-refractivity contribution in [1.82, 2.24) is 9.80 Å². The Labute approximate surface area is 260 Å². The minimum Gasteiger partial charge on any atom is -0.341 e. The van der Waals surface area contributed by atoms with Crippen molar-refractivity contribution in [2.45, 2.75) is 39.5 Å². The molecule has 8 heteroatoms. The number of hydrogen-bond acceptors (Lipinski definition) is 6. The Balaban J connectivity index is 1.54. The van der Waals surface area contributed by atoms with Gasteiger partial charge in [-0.3, -0.25) is 14.7 Å². The summed E-state index contributed by atoms with van der Waals surface area (Å²) in [5.74, 6) is 1.71. The highest BCUT2D eigenvalue weighted by Crippen LogP contribution is 2.32. The van der Waals surface area contributed by atoms with Crippen molar-refractivity contribution >= 4 is 46.7 Å². The smallest absolute Gasteiger partial charge is 0.260 e. The fraction of sp³-hybridized carbons (Fsp3) is 0.314. The molecule has 0 aromatic heterocycles. The van der Waals surface area contributed by atoms with Crippen LogP contribution in [0.15, 0.2) is 100 Å². The van der Waals surface area contributed by atoms with E-state index in [1.165, 1.54) is 5.56 Å². The third-order valence-corrected chi connectivity index (χ3v) is 7.75. The third kappa shape index (κ3) is 7.66. The Bertz CT molecular complexity index is 1520. The van der Waals surface area contributed by atoms with E-state index >= 15 is 0 Å². The molecule has 4 rings (SSSR count). The number of amides is 1. The van der Waals surface area contributed by atoms with Crippen LogP contribution < -0.4 is 5.32 Å². The molecule has 2 heterocycles. The number of amidine groups is 2. The van der Waals surface area contributed by atoms with Crippen LogP contribution in [-0.4, -0.2) is 66.8 Å². The van der Waals surface area contributed by atoms with E-state index in [0.29, 0.717) is 46.7 Å². The van der Waals surface area contributed by atoms with E-state index in [4.69, 9.17) is 16.6 Å². The standard InChI is InChI=1S/C35H41ClN6O/c1-7-20-41(6)23-26(9-3)27-12-15-29(16-13-27)39-24(5)40-34-25(8-2)21-31(35(43)42(34)10-4)30-17-14-28(22-32(30)36)33-37-18-11-19-38-33/h8-9,12-18,21-22,26,39H,3,5,7,10-11,19-20,23H2,1-2,4,6H3/b25-8-,40-34+. The highest BCUT2D eigenvalue weighted by molar-refractivity contribution is 6.38. The van der Waals surface area contributed by atoms with Gasteiger partial charge < -0.3 is 10.2 Å². The molecule has 0 radical (unpaired) electrons. The Hall–Kier alpha value is -4.07. The van der Waals surface area contributed by atoms with Gasteiger partial charge in [-0.15, -0.1) is 6.58 Å². The molecule has 2 aromatic rings. The van der Waals surface area contributed by atoms with Crippen LogP contribution in [0.3, 0.4) is 0 Å². The summed E-state index contributed by atoms with van der Waals surface area (Å²) in [6.07, 6.45) is 9.60. The molecule has 2 aliphatic rings. The van der Waals surface area contributed by atoms with Gasteiger partial charge >= 0.3 is 0 Å². The van der Waals surface area contributed by atoms with Crippen molar-refractivity contribution in [3.63, 3.8) is 0 Å². The first kappa shape index (κ1) is 31.9. The van der Waals surface area contributed by atoms with Gasteiger partial charge in [0.25, 0.3) is 5.91 Å². The number of nitrogens with zero attached hydrogens (tertiary/aromatic N) is 5. The van der Waals surface area contributed by atoms with Gasteiger partial charge in [-0.2, -0.15) is 0 Å². The maximum atomic E-state index is 13.7. The second-order valence-electron chi connectivity index (χ2n) is 10.6. The topological polar surface area (TPSA) is 72.7 Å². The molecule has 0 saturated carbocycles. The van der Waals surface area contributed by atoms with Crippen LogP contribution >= 0.6 is 11.6 Å². The van der Waals surface area contributed by atoms with Crippen LogP contribution in [0, 0.1) is 0 Å². The molecule has 43 heavy (non-hydrogen) atoms. The average molecular weight is 597 g/mol. The summed E-state index contributed by atoms with van der Waals surface area (Å²) >= 11 is 6.72. The maximum Gasteiger partial charge on any atom is 0.260 e. The summed E-state index contributed by atoms with van der Waals surface area (Å²) < 4.78 is 0. The van der Waals surface area contributed by atoms with E-state index in [-0.39, 0.29) is 11.8 Å². The van der Waals surface area contributed by atoms with E-state index in [0.717, 1.165) is 42.8 Å². The number of carbonyl (C=O) groups excluding carboxylic acids is 1.